The van der Waals surface area contributed by atoms with Gasteiger partial charge in [0.25, 0.3) is 11.8 Å². The Morgan fingerprint density at radius 2 is 1.62 bits per heavy atom. The number of aromatic nitrogens is 1. The van der Waals surface area contributed by atoms with Crippen LogP contribution in [0.3, 0.4) is 0 Å². The number of Topliss-reactive ketones (excluding diaryl/α,β-unsaturated/α-hetero) is 1. The zero-order valence-electron chi connectivity index (χ0n) is 15.6. The van der Waals surface area contributed by atoms with Crippen molar-refractivity contribution >= 4 is 23.3 Å². The van der Waals surface area contributed by atoms with Gasteiger partial charge in [0.1, 0.15) is 5.82 Å². The Morgan fingerprint density at radius 3 is 2.34 bits per heavy atom. The van der Waals surface area contributed by atoms with E-state index in [4.69, 9.17) is 0 Å². The molecule has 1 heterocycles. The summed E-state index contributed by atoms with van der Waals surface area (Å²) in [7, 11) is 0. The van der Waals surface area contributed by atoms with Gasteiger partial charge in [-0.2, -0.15) is 0 Å². The third-order valence-electron chi connectivity index (χ3n) is 4.19. The van der Waals surface area contributed by atoms with Gasteiger partial charge in [-0.25, -0.2) is 4.39 Å². The molecule has 0 fully saturated rings. The van der Waals surface area contributed by atoms with E-state index in [-0.39, 0.29) is 23.5 Å². The van der Waals surface area contributed by atoms with E-state index in [0.29, 0.717) is 16.8 Å². The Labute approximate surface area is 166 Å². The van der Waals surface area contributed by atoms with Crippen molar-refractivity contribution in [2.24, 2.45) is 0 Å². The molecule has 0 aliphatic heterocycles. The minimum Gasteiger partial charge on any atom is -0.348 e. The van der Waals surface area contributed by atoms with E-state index < -0.39 is 17.6 Å². The number of hydrogen-bond acceptors (Lipinski definition) is 4. The third-order valence-corrected chi connectivity index (χ3v) is 4.19. The lowest BCUT2D eigenvalue weighted by Crippen LogP contribution is -2.24. The van der Waals surface area contributed by atoms with E-state index in [2.05, 4.69) is 15.6 Å². The first-order chi connectivity index (χ1) is 13.9. The normalized spacial score (nSPS) is 10.3. The molecule has 0 saturated carbocycles. The summed E-state index contributed by atoms with van der Waals surface area (Å²) in [5.41, 5.74) is 1.63. The SMILES string of the molecule is CC(=O)c1cccc(NC(=O)c2cncc(C(=O)NCc3ccccc3F)c2)c1. The standard InChI is InChI=1S/C22H18FN3O3/c1-14(27)15-6-4-7-19(10-15)26-22(29)18-9-17(11-24-12-18)21(28)25-13-16-5-2-3-8-20(16)23/h2-12H,13H2,1H3,(H,25,28)(H,26,29). The van der Waals surface area contributed by atoms with Crippen molar-refractivity contribution in [1.82, 2.24) is 10.3 Å². The number of amides is 2. The van der Waals surface area contributed by atoms with Crippen LogP contribution in [0.4, 0.5) is 10.1 Å². The number of nitrogens with zero attached hydrogens (tertiary/aromatic N) is 1. The molecule has 0 unspecified atom stereocenters. The molecule has 0 atom stereocenters. The summed E-state index contributed by atoms with van der Waals surface area (Å²) < 4.78 is 13.7. The topological polar surface area (TPSA) is 88.2 Å². The van der Waals surface area contributed by atoms with Gasteiger partial charge in [-0.1, -0.05) is 30.3 Å². The molecule has 2 N–H and O–H groups in total. The zero-order valence-corrected chi connectivity index (χ0v) is 15.6. The molecule has 0 aliphatic rings. The highest BCUT2D eigenvalue weighted by Crippen LogP contribution is 2.13. The van der Waals surface area contributed by atoms with Crippen molar-refractivity contribution in [1.29, 1.82) is 0 Å². The highest BCUT2D eigenvalue weighted by molar-refractivity contribution is 6.06. The van der Waals surface area contributed by atoms with Gasteiger partial charge in [0, 0.05) is 35.8 Å². The van der Waals surface area contributed by atoms with E-state index in [1.54, 1.807) is 42.5 Å². The molecule has 146 valence electrons. The number of carbonyl (C=O) groups is 3. The average molecular weight is 391 g/mol. The quantitative estimate of drug-likeness (QED) is 0.629. The van der Waals surface area contributed by atoms with Crippen molar-refractivity contribution in [2.75, 3.05) is 5.32 Å². The van der Waals surface area contributed by atoms with Crippen LogP contribution in [0.25, 0.3) is 0 Å². The number of hydrogen-bond donors (Lipinski definition) is 2. The smallest absolute Gasteiger partial charge is 0.257 e. The van der Waals surface area contributed by atoms with Gasteiger partial charge in [0.05, 0.1) is 11.1 Å². The lowest BCUT2D eigenvalue weighted by atomic mass is 10.1. The van der Waals surface area contributed by atoms with Gasteiger partial charge in [0.15, 0.2) is 5.78 Å². The number of ketones is 1. The van der Waals surface area contributed by atoms with Crippen LogP contribution in [0, 0.1) is 5.82 Å². The Balaban J connectivity index is 1.69. The number of pyridine rings is 1. The Bertz CT molecular complexity index is 1080. The molecule has 0 saturated heterocycles. The lowest BCUT2D eigenvalue weighted by molar-refractivity contribution is 0.0949. The second-order valence-corrected chi connectivity index (χ2v) is 6.33. The van der Waals surface area contributed by atoms with Gasteiger partial charge in [-0.3, -0.25) is 19.4 Å². The van der Waals surface area contributed by atoms with Gasteiger partial charge >= 0.3 is 0 Å². The molecular formula is C22H18FN3O3. The predicted octanol–water partition coefficient (Wildman–Crippen LogP) is 3.61. The first-order valence-corrected chi connectivity index (χ1v) is 8.83. The molecule has 2 aromatic carbocycles. The third kappa shape index (κ3) is 5.10. The highest BCUT2D eigenvalue weighted by atomic mass is 19.1. The Morgan fingerprint density at radius 1 is 0.897 bits per heavy atom. The molecule has 3 rings (SSSR count). The van der Waals surface area contributed by atoms with Crippen molar-refractivity contribution in [3.8, 4) is 0 Å². The van der Waals surface area contributed by atoms with Crippen LogP contribution in [0.2, 0.25) is 0 Å². The molecule has 0 aliphatic carbocycles. The Hall–Kier alpha value is -3.87. The number of nitrogens with one attached hydrogen (secondary N) is 2. The highest BCUT2D eigenvalue weighted by Gasteiger charge is 2.13. The Kier molecular flexibility index (Phi) is 6.09. The lowest BCUT2D eigenvalue weighted by Gasteiger charge is -2.09. The van der Waals surface area contributed by atoms with Gasteiger partial charge in [-0.05, 0) is 31.2 Å². The first kappa shape index (κ1) is 19.9. The minimum atomic E-state index is -0.478. The van der Waals surface area contributed by atoms with Crippen molar-refractivity contribution in [2.45, 2.75) is 13.5 Å². The summed E-state index contributed by atoms with van der Waals surface area (Å²) >= 11 is 0. The first-order valence-electron chi connectivity index (χ1n) is 8.83. The largest absolute Gasteiger partial charge is 0.348 e. The van der Waals surface area contributed by atoms with E-state index in [9.17, 15) is 18.8 Å². The molecule has 0 radical (unpaired) electrons. The summed E-state index contributed by atoms with van der Waals surface area (Å²) in [6.45, 7) is 1.45. The molecule has 0 bridgehead atoms. The van der Waals surface area contributed by atoms with Crippen molar-refractivity contribution in [3.63, 3.8) is 0 Å². The van der Waals surface area contributed by atoms with Gasteiger partial charge in [-0.15, -0.1) is 0 Å². The van der Waals surface area contributed by atoms with E-state index in [1.807, 2.05) is 0 Å². The fourth-order valence-electron chi connectivity index (χ4n) is 2.63. The summed E-state index contributed by atoms with van der Waals surface area (Å²) in [6.07, 6.45) is 2.65. The number of anilines is 1. The molecule has 0 spiro atoms. The van der Waals surface area contributed by atoms with Crippen LogP contribution in [-0.2, 0) is 6.54 Å². The fourth-order valence-corrected chi connectivity index (χ4v) is 2.63. The van der Waals surface area contributed by atoms with Gasteiger partial charge < -0.3 is 10.6 Å². The van der Waals surface area contributed by atoms with Gasteiger partial charge in [0.2, 0.25) is 0 Å². The number of carbonyl (C=O) groups excluding carboxylic acids is 3. The van der Waals surface area contributed by atoms with Crippen LogP contribution in [0.5, 0.6) is 0 Å². The average Bonchev–Trinajstić information content (AvgIpc) is 2.73. The van der Waals surface area contributed by atoms with Crippen LogP contribution < -0.4 is 10.6 Å². The van der Waals surface area contributed by atoms with Crippen molar-refractivity contribution in [3.05, 3.63) is 95.1 Å². The summed E-state index contributed by atoms with van der Waals surface area (Å²) in [5.74, 6) is -1.47. The maximum absolute atomic E-state index is 13.7. The number of rotatable bonds is 6. The summed E-state index contributed by atoms with van der Waals surface area (Å²) in [4.78, 5) is 40.2. The molecular weight excluding hydrogens is 373 g/mol. The number of benzene rings is 2. The van der Waals surface area contributed by atoms with Crippen molar-refractivity contribution < 1.29 is 18.8 Å². The van der Waals surface area contributed by atoms with Crippen LogP contribution >= 0.6 is 0 Å². The molecule has 29 heavy (non-hydrogen) atoms. The monoisotopic (exact) mass is 391 g/mol. The maximum atomic E-state index is 13.7. The predicted molar refractivity (Wildman–Crippen MR) is 106 cm³/mol. The van der Waals surface area contributed by atoms with E-state index in [0.717, 1.165) is 0 Å². The maximum Gasteiger partial charge on any atom is 0.257 e. The zero-order chi connectivity index (χ0) is 20.8. The second-order valence-electron chi connectivity index (χ2n) is 6.33. The molecule has 6 nitrogen and oxygen atoms in total. The molecule has 2 amide bonds. The van der Waals surface area contributed by atoms with E-state index >= 15 is 0 Å². The van der Waals surface area contributed by atoms with Crippen LogP contribution in [-0.4, -0.2) is 22.6 Å². The minimum absolute atomic E-state index is 0.0137. The van der Waals surface area contributed by atoms with Crippen LogP contribution in [0.1, 0.15) is 43.6 Å². The fraction of sp³-hybridized carbons (Fsp3) is 0.0909. The second kappa shape index (κ2) is 8.88. The van der Waals surface area contributed by atoms with E-state index in [1.165, 1.54) is 31.5 Å². The van der Waals surface area contributed by atoms with Crippen LogP contribution in [0.15, 0.2) is 67.0 Å². The molecule has 1 aromatic heterocycles. The molecule has 3 aromatic rings. The summed E-state index contributed by atoms with van der Waals surface area (Å²) in [5, 5.41) is 5.28. The number of halogens is 1. The summed E-state index contributed by atoms with van der Waals surface area (Å²) in [6, 6.07) is 14.1. The molecule has 7 heteroatoms.